The van der Waals surface area contributed by atoms with Gasteiger partial charge in [-0.3, -0.25) is 0 Å². The molecule has 0 unspecified atom stereocenters. The Hall–Kier alpha value is -4.13. The minimum absolute atomic E-state index is 0.0154. The topological polar surface area (TPSA) is 85.6 Å². The molecule has 0 saturated carbocycles. The highest BCUT2D eigenvalue weighted by Gasteiger charge is 2.16. The number of nitrogens with zero attached hydrogens (tertiary/aromatic N) is 5. The molecular formula is C37H49N5O2. The molecule has 0 amide bonds. The molecule has 1 heterocycles. The van der Waals surface area contributed by atoms with Crippen molar-refractivity contribution < 1.29 is 10.2 Å². The number of phenolic OH excluding ortho intramolecular Hbond substituents is 2. The van der Waals surface area contributed by atoms with Crippen molar-refractivity contribution in [2.45, 2.75) is 79.1 Å². The summed E-state index contributed by atoms with van der Waals surface area (Å²) in [5.74, 6) is 1.33. The highest BCUT2D eigenvalue weighted by atomic mass is 16.3. The van der Waals surface area contributed by atoms with E-state index in [1.807, 2.05) is 0 Å². The number of benzene rings is 3. The van der Waals surface area contributed by atoms with Gasteiger partial charge in [-0.15, -0.1) is 0 Å². The van der Waals surface area contributed by atoms with Crippen molar-refractivity contribution in [2.24, 2.45) is 0 Å². The van der Waals surface area contributed by atoms with E-state index in [9.17, 15) is 10.2 Å². The highest BCUT2D eigenvalue weighted by molar-refractivity contribution is 5.71. The maximum absolute atomic E-state index is 10.7. The number of phenols is 2. The van der Waals surface area contributed by atoms with Gasteiger partial charge in [0.2, 0.25) is 0 Å². The first-order valence-corrected chi connectivity index (χ1v) is 16.5. The Balaban J connectivity index is 1.72. The summed E-state index contributed by atoms with van der Waals surface area (Å²) in [6.45, 7) is 13.1. The minimum atomic E-state index is -0.0798. The predicted octanol–water partition coefficient (Wildman–Crippen LogP) is 9.10. The molecule has 0 bridgehead atoms. The zero-order chi connectivity index (χ0) is 31.3. The first kappa shape index (κ1) is 32.8. The molecule has 234 valence electrons. The van der Waals surface area contributed by atoms with Crippen LogP contribution in [0, 0.1) is 0 Å². The molecule has 3 aromatic carbocycles. The number of anilines is 2. The molecule has 0 radical (unpaired) electrons. The Kier molecular flexibility index (Phi) is 12.4. The van der Waals surface area contributed by atoms with E-state index in [1.54, 1.807) is 6.07 Å². The highest BCUT2D eigenvalue weighted by Crippen LogP contribution is 2.33. The van der Waals surface area contributed by atoms with Crippen LogP contribution in [0.3, 0.4) is 0 Å². The lowest BCUT2D eigenvalue weighted by molar-refractivity contribution is 0.451. The fraction of sp³-hybridized carbons (Fsp3) is 0.432. The summed E-state index contributed by atoms with van der Waals surface area (Å²) >= 11 is 0. The molecule has 0 fully saturated rings. The summed E-state index contributed by atoms with van der Waals surface area (Å²) in [7, 11) is 0. The van der Waals surface area contributed by atoms with Gasteiger partial charge in [-0.25, -0.2) is 15.0 Å². The fourth-order valence-electron chi connectivity index (χ4n) is 5.24. The maximum Gasteiger partial charge on any atom is 0.167 e. The number of rotatable bonds is 17. The minimum Gasteiger partial charge on any atom is -0.508 e. The number of hydrogen-bond donors (Lipinski definition) is 2. The molecule has 0 spiro atoms. The summed E-state index contributed by atoms with van der Waals surface area (Å²) in [4.78, 5) is 19.4. The first-order chi connectivity index (χ1) is 21.5. The van der Waals surface area contributed by atoms with Crippen LogP contribution in [0.4, 0.5) is 11.4 Å². The van der Waals surface area contributed by atoms with Crippen LogP contribution in [0.1, 0.15) is 79.1 Å². The maximum atomic E-state index is 10.7. The zero-order valence-electron chi connectivity index (χ0n) is 27.0. The van der Waals surface area contributed by atoms with Crippen LogP contribution < -0.4 is 9.80 Å². The van der Waals surface area contributed by atoms with Gasteiger partial charge in [0.1, 0.15) is 11.5 Å². The van der Waals surface area contributed by atoms with Crippen LogP contribution >= 0.6 is 0 Å². The quantitative estimate of drug-likeness (QED) is 0.126. The van der Waals surface area contributed by atoms with E-state index < -0.39 is 0 Å². The molecule has 7 heteroatoms. The van der Waals surface area contributed by atoms with Gasteiger partial charge in [0.25, 0.3) is 0 Å². The Bertz CT molecular complexity index is 1340. The Morgan fingerprint density at radius 1 is 0.500 bits per heavy atom. The van der Waals surface area contributed by atoms with E-state index >= 15 is 0 Å². The number of unbranched alkanes of at least 4 members (excludes halogenated alkanes) is 4. The van der Waals surface area contributed by atoms with E-state index in [0.717, 1.165) is 88.7 Å². The van der Waals surface area contributed by atoms with Gasteiger partial charge in [-0.2, -0.15) is 0 Å². The van der Waals surface area contributed by atoms with E-state index in [1.165, 1.54) is 23.5 Å². The van der Waals surface area contributed by atoms with Crippen LogP contribution in [0.2, 0.25) is 0 Å². The Morgan fingerprint density at radius 3 is 1.25 bits per heavy atom. The lowest BCUT2D eigenvalue weighted by Gasteiger charge is -2.25. The van der Waals surface area contributed by atoms with Gasteiger partial charge in [0.05, 0.1) is 5.56 Å². The Labute approximate surface area is 263 Å². The molecule has 0 atom stereocenters. The third-order valence-electron chi connectivity index (χ3n) is 7.97. The van der Waals surface area contributed by atoms with E-state index in [2.05, 4.69) is 86.0 Å². The molecule has 4 aromatic rings. The fourth-order valence-corrected chi connectivity index (χ4v) is 5.24. The average Bonchev–Trinajstić information content (AvgIpc) is 3.05. The Morgan fingerprint density at radius 2 is 0.886 bits per heavy atom. The molecule has 44 heavy (non-hydrogen) atoms. The van der Waals surface area contributed by atoms with Crippen molar-refractivity contribution in [1.29, 1.82) is 0 Å². The lowest BCUT2D eigenvalue weighted by atomic mass is 10.1. The van der Waals surface area contributed by atoms with Crippen LogP contribution in [-0.4, -0.2) is 51.3 Å². The van der Waals surface area contributed by atoms with Gasteiger partial charge in [-0.1, -0.05) is 53.4 Å². The standard InChI is InChI=1S/C37H49N5O2/c1-5-9-23-41(24-10-6-2)30-17-13-28(14-18-30)35-38-36(40-37(39-35)33-22-21-32(43)27-34(33)44)29-15-19-31(20-16-29)42(25-11-7-3)26-12-8-4/h13-22,27,43-44H,5-12,23-26H2,1-4H3. The van der Waals surface area contributed by atoms with E-state index in [0.29, 0.717) is 23.0 Å². The summed E-state index contributed by atoms with van der Waals surface area (Å²) in [5, 5.41) is 20.6. The third-order valence-corrected chi connectivity index (χ3v) is 7.97. The molecule has 2 N–H and O–H groups in total. The van der Waals surface area contributed by atoms with Gasteiger partial charge >= 0.3 is 0 Å². The molecule has 7 nitrogen and oxygen atoms in total. The normalized spacial score (nSPS) is 11.1. The molecular weight excluding hydrogens is 546 g/mol. The van der Waals surface area contributed by atoms with Crippen LogP contribution in [0.5, 0.6) is 11.5 Å². The second kappa shape index (κ2) is 16.6. The summed E-state index contributed by atoms with van der Waals surface area (Å²) in [5.41, 5.74) is 4.60. The van der Waals surface area contributed by atoms with Gasteiger partial charge in [0.15, 0.2) is 17.5 Å². The zero-order valence-corrected chi connectivity index (χ0v) is 27.0. The largest absolute Gasteiger partial charge is 0.508 e. The SMILES string of the molecule is CCCCN(CCCC)c1ccc(-c2nc(-c3ccc(N(CCCC)CCCC)cc3)nc(-c3ccc(O)cc3O)n2)cc1. The second-order valence-electron chi connectivity index (χ2n) is 11.5. The van der Waals surface area contributed by atoms with Crippen molar-refractivity contribution in [3.05, 3.63) is 66.7 Å². The van der Waals surface area contributed by atoms with E-state index in [4.69, 9.17) is 15.0 Å². The predicted molar refractivity (Wildman–Crippen MR) is 184 cm³/mol. The van der Waals surface area contributed by atoms with Crippen molar-refractivity contribution in [1.82, 2.24) is 15.0 Å². The van der Waals surface area contributed by atoms with Crippen molar-refractivity contribution >= 4 is 11.4 Å². The van der Waals surface area contributed by atoms with E-state index in [-0.39, 0.29) is 11.5 Å². The third kappa shape index (κ3) is 8.71. The summed E-state index contributed by atoms with van der Waals surface area (Å²) < 4.78 is 0. The molecule has 4 rings (SSSR count). The molecule has 0 aliphatic rings. The smallest absolute Gasteiger partial charge is 0.167 e. The van der Waals surface area contributed by atoms with Crippen LogP contribution in [0.15, 0.2) is 66.7 Å². The average molecular weight is 596 g/mol. The first-order valence-electron chi connectivity index (χ1n) is 16.5. The van der Waals surface area contributed by atoms with Gasteiger partial charge in [0, 0.05) is 54.7 Å². The lowest BCUT2D eigenvalue weighted by Crippen LogP contribution is -2.25. The summed E-state index contributed by atoms with van der Waals surface area (Å²) in [6, 6.07) is 21.4. The van der Waals surface area contributed by atoms with Crippen LogP contribution in [0.25, 0.3) is 34.2 Å². The molecule has 1 aromatic heterocycles. The van der Waals surface area contributed by atoms with Gasteiger partial charge < -0.3 is 20.0 Å². The van der Waals surface area contributed by atoms with Gasteiger partial charge in [-0.05, 0) is 86.3 Å². The van der Waals surface area contributed by atoms with Crippen LogP contribution in [-0.2, 0) is 0 Å². The second-order valence-corrected chi connectivity index (χ2v) is 11.5. The summed E-state index contributed by atoms with van der Waals surface area (Å²) in [6.07, 6.45) is 9.31. The van der Waals surface area contributed by atoms with Crippen molar-refractivity contribution in [2.75, 3.05) is 36.0 Å². The number of hydrogen-bond acceptors (Lipinski definition) is 7. The molecule has 0 aliphatic heterocycles. The molecule has 0 aliphatic carbocycles. The monoisotopic (exact) mass is 595 g/mol. The number of aromatic nitrogens is 3. The molecule has 0 saturated heterocycles. The van der Waals surface area contributed by atoms with Crippen molar-refractivity contribution in [3.63, 3.8) is 0 Å². The van der Waals surface area contributed by atoms with Crippen molar-refractivity contribution in [3.8, 4) is 45.7 Å². The number of aromatic hydroxyl groups is 2.